The average molecular weight is 523 g/mol. The van der Waals surface area contributed by atoms with Gasteiger partial charge in [-0.2, -0.15) is 0 Å². The maximum atomic E-state index is 12.8. The summed E-state index contributed by atoms with van der Waals surface area (Å²) in [4.78, 5) is 12.8. The van der Waals surface area contributed by atoms with E-state index < -0.39 is 0 Å². The number of aryl methyl sites for hydroxylation is 2. The van der Waals surface area contributed by atoms with E-state index in [2.05, 4.69) is 21.6 Å². The molecule has 186 valence electrons. The number of carbonyl (C=O) groups is 1. The number of methoxy groups -OCH3 is 1. The van der Waals surface area contributed by atoms with Crippen LogP contribution in [0.3, 0.4) is 0 Å². The monoisotopic (exact) mass is 522 g/mol. The van der Waals surface area contributed by atoms with E-state index in [1.54, 1.807) is 12.1 Å². The van der Waals surface area contributed by atoms with Gasteiger partial charge >= 0.3 is 0 Å². The fraction of sp³-hybridized carbons (Fsp3) is 0.222. The number of nitrogens with one attached hydrogen (secondary N) is 1. The molecular weight excluding hydrogens is 496 g/mol. The van der Waals surface area contributed by atoms with Crippen LogP contribution in [0.5, 0.6) is 11.5 Å². The number of aromatic nitrogens is 3. The first-order valence-corrected chi connectivity index (χ1v) is 12.8. The molecule has 9 heteroatoms. The Bertz CT molecular complexity index is 1370. The summed E-state index contributed by atoms with van der Waals surface area (Å²) in [6.45, 7) is 6.45. The second-order valence-corrected chi connectivity index (χ2v) is 9.43. The van der Waals surface area contributed by atoms with Crippen LogP contribution < -0.4 is 14.8 Å². The summed E-state index contributed by atoms with van der Waals surface area (Å²) in [6.07, 6.45) is 0. The molecule has 0 spiro atoms. The molecule has 0 saturated heterocycles. The van der Waals surface area contributed by atoms with Crippen LogP contribution in [0, 0.1) is 13.8 Å². The van der Waals surface area contributed by atoms with Crippen LogP contribution in [0.2, 0.25) is 5.02 Å². The highest BCUT2D eigenvalue weighted by atomic mass is 35.5. The third-order valence-corrected chi connectivity index (χ3v) is 6.74. The molecule has 0 bridgehead atoms. The number of rotatable bonds is 9. The van der Waals surface area contributed by atoms with Crippen molar-refractivity contribution < 1.29 is 14.3 Å². The van der Waals surface area contributed by atoms with E-state index in [0.717, 1.165) is 28.1 Å². The topological polar surface area (TPSA) is 78.3 Å². The lowest BCUT2D eigenvalue weighted by Gasteiger charge is -2.13. The minimum Gasteiger partial charge on any atom is -0.495 e. The Kier molecular flexibility index (Phi) is 8.18. The Labute approximate surface area is 219 Å². The van der Waals surface area contributed by atoms with Gasteiger partial charge in [0.2, 0.25) is 5.91 Å². The van der Waals surface area contributed by atoms with Crippen molar-refractivity contribution >= 4 is 35.0 Å². The van der Waals surface area contributed by atoms with Crippen LogP contribution >= 0.6 is 23.4 Å². The van der Waals surface area contributed by atoms with Gasteiger partial charge < -0.3 is 14.8 Å². The lowest BCUT2D eigenvalue weighted by molar-refractivity contribution is -0.113. The summed E-state index contributed by atoms with van der Waals surface area (Å²) in [5.41, 5.74) is 4.35. The van der Waals surface area contributed by atoms with Crippen molar-refractivity contribution in [3.63, 3.8) is 0 Å². The predicted molar refractivity (Wildman–Crippen MR) is 145 cm³/mol. The molecule has 0 unspecified atom stereocenters. The molecule has 1 heterocycles. The molecule has 0 saturated carbocycles. The minimum absolute atomic E-state index is 0.133. The number of carbonyl (C=O) groups excluding carboxylic acids is 1. The standard InChI is InChI=1S/C27H27ClN4O3S/c1-5-35-21-11-9-20(10-12-21)32-26(19-8-6-7-17(2)13-19)30-31-27(32)36-16-25(33)29-23-14-18(3)22(28)15-24(23)34-4/h6-15H,5,16H2,1-4H3,(H,29,33). The molecule has 0 aliphatic heterocycles. The summed E-state index contributed by atoms with van der Waals surface area (Å²) < 4.78 is 12.9. The lowest BCUT2D eigenvalue weighted by atomic mass is 10.1. The van der Waals surface area contributed by atoms with E-state index in [1.807, 2.05) is 67.8 Å². The molecule has 7 nitrogen and oxygen atoms in total. The Morgan fingerprint density at radius 3 is 2.56 bits per heavy atom. The van der Waals surface area contributed by atoms with Gasteiger partial charge in [-0.15, -0.1) is 10.2 Å². The van der Waals surface area contributed by atoms with Gasteiger partial charge in [-0.05, 0) is 62.7 Å². The average Bonchev–Trinajstić information content (AvgIpc) is 3.29. The first-order valence-electron chi connectivity index (χ1n) is 11.4. The fourth-order valence-corrected chi connectivity index (χ4v) is 4.58. The van der Waals surface area contributed by atoms with Crippen molar-refractivity contribution in [2.45, 2.75) is 25.9 Å². The second kappa shape index (κ2) is 11.5. The number of benzene rings is 3. The highest BCUT2D eigenvalue weighted by Gasteiger charge is 2.18. The lowest BCUT2D eigenvalue weighted by Crippen LogP contribution is -2.15. The number of halogens is 1. The molecule has 1 amide bonds. The maximum Gasteiger partial charge on any atom is 0.234 e. The van der Waals surface area contributed by atoms with Crippen molar-refractivity contribution in [2.24, 2.45) is 0 Å². The Morgan fingerprint density at radius 2 is 1.86 bits per heavy atom. The Balaban J connectivity index is 1.61. The van der Waals surface area contributed by atoms with Gasteiger partial charge in [0.1, 0.15) is 11.5 Å². The van der Waals surface area contributed by atoms with Gasteiger partial charge in [0.25, 0.3) is 0 Å². The van der Waals surface area contributed by atoms with Crippen LogP contribution in [0.1, 0.15) is 18.1 Å². The maximum absolute atomic E-state index is 12.8. The third-order valence-electron chi connectivity index (χ3n) is 5.40. The molecular formula is C27H27ClN4O3S. The van der Waals surface area contributed by atoms with Gasteiger partial charge in [0.05, 0.1) is 25.2 Å². The fourth-order valence-electron chi connectivity index (χ4n) is 3.67. The first-order chi connectivity index (χ1) is 17.4. The van der Waals surface area contributed by atoms with Gasteiger partial charge in [-0.1, -0.05) is 47.1 Å². The van der Waals surface area contributed by atoms with Crippen LogP contribution in [-0.4, -0.2) is 40.1 Å². The summed E-state index contributed by atoms with van der Waals surface area (Å²) in [5, 5.41) is 13.0. The molecule has 36 heavy (non-hydrogen) atoms. The van der Waals surface area contributed by atoms with E-state index in [1.165, 1.54) is 18.9 Å². The number of ether oxygens (including phenoxy) is 2. The Morgan fingerprint density at radius 1 is 1.08 bits per heavy atom. The quantitative estimate of drug-likeness (QED) is 0.258. The summed E-state index contributed by atoms with van der Waals surface area (Å²) >= 11 is 7.49. The number of hydrogen-bond donors (Lipinski definition) is 1. The van der Waals surface area contributed by atoms with Gasteiger partial charge in [0, 0.05) is 22.3 Å². The van der Waals surface area contributed by atoms with E-state index in [0.29, 0.717) is 34.0 Å². The van der Waals surface area contributed by atoms with Crippen molar-refractivity contribution in [3.05, 3.63) is 76.8 Å². The second-order valence-electron chi connectivity index (χ2n) is 8.08. The van der Waals surface area contributed by atoms with Crippen molar-refractivity contribution in [3.8, 4) is 28.6 Å². The predicted octanol–water partition coefficient (Wildman–Crippen LogP) is 6.34. The zero-order valence-corrected chi connectivity index (χ0v) is 22.1. The van der Waals surface area contributed by atoms with Crippen molar-refractivity contribution in [2.75, 3.05) is 24.8 Å². The molecule has 1 N–H and O–H groups in total. The summed E-state index contributed by atoms with van der Waals surface area (Å²) in [7, 11) is 1.54. The SMILES string of the molecule is CCOc1ccc(-n2c(SCC(=O)Nc3cc(C)c(Cl)cc3OC)nnc2-c2cccc(C)c2)cc1. The van der Waals surface area contributed by atoms with Gasteiger partial charge in [-0.25, -0.2) is 0 Å². The third kappa shape index (κ3) is 5.83. The molecule has 0 aliphatic carbocycles. The van der Waals surface area contributed by atoms with Crippen LogP contribution in [0.15, 0.2) is 65.8 Å². The van der Waals surface area contributed by atoms with Gasteiger partial charge in [0.15, 0.2) is 11.0 Å². The number of amides is 1. The van der Waals surface area contributed by atoms with E-state index in [4.69, 9.17) is 21.1 Å². The largest absolute Gasteiger partial charge is 0.495 e. The number of thioether (sulfide) groups is 1. The van der Waals surface area contributed by atoms with Crippen LogP contribution in [0.4, 0.5) is 5.69 Å². The molecule has 0 fully saturated rings. The molecule has 0 radical (unpaired) electrons. The van der Waals surface area contributed by atoms with E-state index in [9.17, 15) is 4.79 Å². The molecule has 0 aliphatic rings. The highest BCUT2D eigenvalue weighted by molar-refractivity contribution is 7.99. The number of hydrogen-bond acceptors (Lipinski definition) is 6. The smallest absolute Gasteiger partial charge is 0.234 e. The van der Waals surface area contributed by atoms with Crippen molar-refractivity contribution in [1.29, 1.82) is 0 Å². The molecule has 4 aromatic rings. The van der Waals surface area contributed by atoms with E-state index >= 15 is 0 Å². The minimum atomic E-state index is -0.196. The molecule has 3 aromatic carbocycles. The van der Waals surface area contributed by atoms with Crippen LogP contribution in [0.25, 0.3) is 17.1 Å². The summed E-state index contributed by atoms with van der Waals surface area (Å²) in [6, 6.07) is 19.3. The first kappa shape index (κ1) is 25.6. The number of anilines is 1. The van der Waals surface area contributed by atoms with Gasteiger partial charge in [-0.3, -0.25) is 9.36 Å². The number of nitrogens with zero attached hydrogens (tertiary/aromatic N) is 3. The van der Waals surface area contributed by atoms with E-state index in [-0.39, 0.29) is 11.7 Å². The molecule has 1 aromatic heterocycles. The Hall–Kier alpha value is -3.49. The zero-order chi connectivity index (χ0) is 25.7. The zero-order valence-electron chi connectivity index (χ0n) is 20.5. The normalized spacial score (nSPS) is 10.8. The molecule has 4 rings (SSSR count). The van der Waals surface area contributed by atoms with Crippen LogP contribution in [-0.2, 0) is 4.79 Å². The molecule has 0 atom stereocenters. The highest BCUT2D eigenvalue weighted by Crippen LogP contribution is 2.32. The summed E-state index contributed by atoms with van der Waals surface area (Å²) in [5.74, 6) is 1.92. The van der Waals surface area contributed by atoms with Crippen molar-refractivity contribution in [1.82, 2.24) is 14.8 Å².